The minimum absolute atomic E-state index is 0.0610. The average molecular weight is 284 g/mol. The number of hydrogen-bond donors (Lipinski definition) is 3. The number of nitrogens with one attached hydrogen (secondary N) is 2. The van der Waals surface area contributed by atoms with Gasteiger partial charge in [-0.3, -0.25) is 4.79 Å². The van der Waals surface area contributed by atoms with Crippen LogP contribution in [0, 0.1) is 6.92 Å². The summed E-state index contributed by atoms with van der Waals surface area (Å²) in [6, 6.07) is 7.76. The number of aliphatic hydroxyl groups is 1. The Bertz CT molecular complexity index is 802. The summed E-state index contributed by atoms with van der Waals surface area (Å²) in [5.74, 6) is 1.33. The van der Waals surface area contributed by atoms with Gasteiger partial charge in [-0.15, -0.1) is 0 Å². The zero-order chi connectivity index (χ0) is 14.8. The quantitative estimate of drug-likeness (QED) is 0.668. The molecular weight excluding hydrogens is 268 g/mol. The fraction of sp³-hybridized carbons (Fsp3) is 0.267. The molecule has 0 aliphatic carbocycles. The first-order valence-corrected chi connectivity index (χ1v) is 6.80. The number of aryl methyl sites for hydroxylation is 1. The minimum Gasteiger partial charge on any atom is -0.396 e. The zero-order valence-electron chi connectivity index (χ0n) is 11.7. The normalized spacial score (nSPS) is 11.1. The molecule has 0 unspecified atom stereocenters. The molecule has 2 heterocycles. The van der Waals surface area contributed by atoms with Gasteiger partial charge >= 0.3 is 0 Å². The number of fused-ring (bicyclic) bond motifs is 1. The Balaban J connectivity index is 1.92. The van der Waals surface area contributed by atoms with Crippen molar-refractivity contribution in [3.8, 4) is 0 Å². The number of H-pyrrole nitrogens is 2. The second kappa shape index (κ2) is 5.49. The zero-order valence-corrected chi connectivity index (χ0v) is 11.7. The fourth-order valence-corrected chi connectivity index (χ4v) is 2.41. The number of aliphatic hydroxyl groups excluding tert-OH is 1. The molecule has 0 bridgehead atoms. The van der Waals surface area contributed by atoms with Crippen LogP contribution in [0.15, 0.2) is 29.1 Å². The highest BCUT2D eigenvalue weighted by molar-refractivity contribution is 5.74. The lowest BCUT2D eigenvalue weighted by Gasteiger charge is -2.05. The first-order chi connectivity index (χ1) is 10.2. The van der Waals surface area contributed by atoms with Crippen molar-refractivity contribution < 1.29 is 5.11 Å². The lowest BCUT2D eigenvalue weighted by molar-refractivity contribution is 0.298. The molecule has 3 N–H and O–H groups in total. The van der Waals surface area contributed by atoms with Gasteiger partial charge in [0, 0.05) is 24.3 Å². The first-order valence-electron chi connectivity index (χ1n) is 6.80. The van der Waals surface area contributed by atoms with E-state index in [0.29, 0.717) is 29.9 Å². The summed E-state index contributed by atoms with van der Waals surface area (Å²) in [7, 11) is 0. The third-order valence-electron chi connectivity index (χ3n) is 3.41. The van der Waals surface area contributed by atoms with Crippen molar-refractivity contribution in [2.24, 2.45) is 0 Å². The van der Waals surface area contributed by atoms with E-state index in [1.54, 1.807) is 6.92 Å². The number of nitrogens with zero attached hydrogens (tertiary/aromatic N) is 2. The van der Waals surface area contributed by atoms with Gasteiger partial charge in [0.2, 0.25) is 0 Å². The predicted octanol–water partition coefficient (Wildman–Crippen LogP) is 1.08. The molecule has 6 heteroatoms. The van der Waals surface area contributed by atoms with Crippen LogP contribution in [0.2, 0.25) is 0 Å². The van der Waals surface area contributed by atoms with Crippen LogP contribution in [0.25, 0.3) is 11.0 Å². The number of imidazole rings is 1. The average Bonchev–Trinajstić information content (AvgIpc) is 2.85. The van der Waals surface area contributed by atoms with Crippen molar-refractivity contribution in [2.75, 3.05) is 6.61 Å². The van der Waals surface area contributed by atoms with Crippen LogP contribution in [-0.2, 0) is 12.8 Å². The lowest BCUT2D eigenvalue weighted by Crippen LogP contribution is -2.20. The van der Waals surface area contributed by atoms with Gasteiger partial charge in [-0.25, -0.2) is 9.97 Å². The van der Waals surface area contributed by atoms with E-state index in [1.165, 1.54) is 0 Å². The van der Waals surface area contributed by atoms with Crippen molar-refractivity contribution in [3.63, 3.8) is 0 Å². The second-order valence-corrected chi connectivity index (χ2v) is 4.93. The fourth-order valence-electron chi connectivity index (χ4n) is 2.41. The van der Waals surface area contributed by atoms with Crippen molar-refractivity contribution >= 4 is 11.0 Å². The summed E-state index contributed by atoms with van der Waals surface area (Å²) in [6.07, 6.45) is 0.753. The SMILES string of the molecule is Cc1nc(Cc2nc3ccccc3[nH]2)[nH]c(=O)c1CCO. The van der Waals surface area contributed by atoms with Crippen molar-refractivity contribution in [3.05, 3.63) is 57.5 Å². The monoisotopic (exact) mass is 284 g/mol. The summed E-state index contributed by atoms with van der Waals surface area (Å²) in [5.41, 5.74) is 2.85. The molecule has 2 aromatic heterocycles. The highest BCUT2D eigenvalue weighted by atomic mass is 16.3. The van der Waals surface area contributed by atoms with Gasteiger partial charge in [-0.05, 0) is 19.1 Å². The van der Waals surface area contributed by atoms with Gasteiger partial charge in [0.1, 0.15) is 11.6 Å². The maximum atomic E-state index is 12.0. The molecule has 3 rings (SSSR count). The Morgan fingerprint density at radius 2 is 1.90 bits per heavy atom. The van der Waals surface area contributed by atoms with E-state index >= 15 is 0 Å². The molecule has 0 fully saturated rings. The van der Waals surface area contributed by atoms with E-state index in [-0.39, 0.29) is 12.2 Å². The lowest BCUT2D eigenvalue weighted by atomic mass is 10.2. The summed E-state index contributed by atoms with van der Waals surface area (Å²) in [4.78, 5) is 26.8. The molecule has 0 spiro atoms. The largest absolute Gasteiger partial charge is 0.396 e. The number of aromatic nitrogens is 4. The molecule has 3 aromatic rings. The summed E-state index contributed by atoms with van der Waals surface area (Å²) < 4.78 is 0. The number of rotatable bonds is 4. The maximum absolute atomic E-state index is 12.0. The van der Waals surface area contributed by atoms with Gasteiger partial charge < -0.3 is 15.1 Å². The molecule has 0 atom stereocenters. The summed E-state index contributed by atoms with van der Waals surface area (Å²) in [6.45, 7) is 1.72. The Labute approximate surface area is 120 Å². The number of para-hydroxylation sites is 2. The molecule has 0 aliphatic rings. The van der Waals surface area contributed by atoms with Gasteiger partial charge in [0.05, 0.1) is 17.5 Å². The van der Waals surface area contributed by atoms with Crippen LogP contribution in [0.1, 0.15) is 22.9 Å². The van der Waals surface area contributed by atoms with Crippen molar-refractivity contribution in [1.82, 2.24) is 19.9 Å². The van der Waals surface area contributed by atoms with Gasteiger partial charge in [-0.2, -0.15) is 0 Å². The van der Waals surface area contributed by atoms with Crippen LogP contribution >= 0.6 is 0 Å². The maximum Gasteiger partial charge on any atom is 0.254 e. The Morgan fingerprint density at radius 3 is 2.62 bits per heavy atom. The van der Waals surface area contributed by atoms with Crippen LogP contribution in [0.4, 0.5) is 0 Å². The van der Waals surface area contributed by atoms with Crippen molar-refractivity contribution in [1.29, 1.82) is 0 Å². The molecule has 0 aliphatic heterocycles. The third-order valence-corrected chi connectivity index (χ3v) is 3.41. The van der Waals surface area contributed by atoms with E-state index < -0.39 is 0 Å². The van der Waals surface area contributed by atoms with Crippen LogP contribution in [0.5, 0.6) is 0 Å². The number of aromatic amines is 2. The molecule has 6 nitrogen and oxygen atoms in total. The van der Waals surface area contributed by atoms with Crippen molar-refractivity contribution in [2.45, 2.75) is 19.8 Å². The summed E-state index contributed by atoms with van der Waals surface area (Å²) in [5, 5.41) is 8.96. The standard InChI is InChI=1S/C15H16N4O2/c1-9-10(6-7-20)15(21)19-13(16-9)8-14-17-11-4-2-3-5-12(11)18-14/h2-5,20H,6-8H2,1H3,(H,17,18)(H,16,19,21). The van der Waals surface area contributed by atoms with Crippen LogP contribution in [0.3, 0.4) is 0 Å². The van der Waals surface area contributed by atoms with E-state index in [2.05, 4.69) is 19.9 Å². The minimum atomic E-state index is -0.192. The Morgan fingerprint density at radius 1 is 1.14 bits per heavy atom. The Hall–Kier alpha value is -2.47. The van der Waals surface area contributed by atoms with E-state index in [4.69, 9.17) is 5.11 Å². The summed E-state index contributed by atoms with van der Waals surface area (Å²) >= 11 is 0. The number of hydrogen-bond acceptors (Lipinski definition) is 4. The molecule has 21 heavy (non-hydrogen) atoms. The van der Waals surface area contributed by atoms with Gasteiger partial charge in [0.15, 0.2) is 0 Å². The smallest absolute Gasteiger partial charge is 0.254 e. The second-order valence-electron chi connectivity index (χ2n) is 4.93. The third kappa shape index (κ3) is 2.71. The van der Waals surface area contributed by atoms with Gasteiger partial charge in [0.25, 0.3) is 5.56 Å². The number of benzene rings is 1. The van der Waals surface area contributed by atoms with E-state index in [1.807, 2.05) is 24.3 Å². The molecular formula is C15H16N4O2. The molecule has 0 saturated heterocycles. The van der Waals surface area contributed by atoms with Crippen LogP contribution < -0.4 is 5.56 Å². The molecule has 1 aromatic carbocycles. The van der Waals surface area contributed by atoms with E-state index in [9.17, 15) is 4.79 Å². The highest BCUT2D eigenvalue weighted by Gasteiger charge is 2.10. The predicted molar refractivity (Wildman–Crippen MR) is 79.3 cm³/mol. The van der Waals surface area contributed by atoms with Gasteiger partial charge in [-0.1, -0.05) is 12.1 Å². The molecule has 0 saturated carbocycles. The van der Waals surface area contributed by atoms with E-state index in [0.717, 1.165) is 16.9 Å². The molecule has 0 amide bonds. The van der Waals surface area contributed by atoms with Crippen LogP contribution in [-0.4, -0.2) is 31.6 Å². The topological polar surface area (TPSA) is 94.7 Å². The highest BCUT2D eigenvalue weighted by Crippen LogP contribution is 2.12. The first kappa shape index (κ1) is 13.5. The molecule has 0 radical (unpaired) electrons. The molecule has 108 valence electrons. The Kier molecular flexibility index (Phi) is 3.53.